The number of nitrogen functional groups attached to an aromatic ring is 1. The molecule has 1 atom stereocenters. The van der Waals surface area contributed by atoms with Crippen LogP contribution in [0.3, 0.4) is 0 Å². The van der Waals surface area contributed by atoms with Gasteiger partial charge in [-0.2, -0.15) is 0 Å². The van der Waals surface area contributed by atoms with E-state index in [1.807, 2.05) is 10.6 Å². The SMILES string of the molecule is CN1CCCC(n2c(N)nc3c(S(C)(=O)=O)cccc32)C1. The predicted octanol–water partition coefficient (Wildman–Crippen LogP) is 1.29. The van der Waals surface area contributed by atoms with Crippen molar-refractivity contribution in [2.75, 3.05) is 32.1 Å². The number of aromatic nitrogens is 2. The zero-order valence-corrected chi connectivity index (χ0v) is 13.1. The number of nitrogens with two attached hydrogens (primary N) is 1. The Bertz CT molecular complexity index is 782. The second-order valence-electron chi connectivity index (χ2n) is 5.79. The second-order valence-corrected chi connectivity index (χ2v) is 7.78. The number of nitrogens with zero attached hydrogens (tertiary/aromatic N) is 3. The third kappa shape index (κ3) is 2.51. The Hall–Kier alpha value is -1.60. The van der Waals surface area contributed by atoms with Crippen molar-refractivity contribution >= 4 is 26.8 Å². The number of benzene rings is 1. The molecule has 6 nitrogen and oxygen atoms in total. The molecule has 0 bridgehead atoms. The van der Waals surface area contributed by atoms with Crippen LogP contribution < -0.4 is 5.73 Å². The van der Waals surface area contributed by atoms with Gasteiger partial charge in [0.15, 0.2) is 9.84 Å². The van der Waals surface area contributed by atoms with Gasteiger partial charge in [-0.25, -0.2) is 13.4 Å². The van der Waals surface area contributed by atoms with Crippen molar-refractivity contribution in [1.82, 2.24) is 14.5 Å². The lowest BCUT2D eigenvalue weighted by molar-refractivity contribution is 0.216. The van der Waals surface area contributed by atoms with E-state index in [1.165, 1.54) is 6.26 Å². The summed E-state index contributed by atoms with van der Waals surface area (Å²) in [4.78, 5) is 6.83. The van der Waals surface area contributed by atoms with Gasteiger partial charge in [-0.1, -0.05) is 6.07 Å². The monoisotopic (exact) mass is 308 g/mol. The number of hydrogen-bond donors (Lipinski definition) is 1. The molecule has 21 heavy (non-hydrogen) atoms. The van der Waals surface area contributed by atoms with Crippen molar-refractivity contribution in [3.8, 4) is 0 Å². The van der Waals surface area contributed by atoms with E-state index in [2.05, 4.69) is 16.9 Å². The highest BCUT2D eigenvalue weighted by atomic mass is 32.2. The zero-order valence-electron chi connectivity index (χ0n) is 12.3. The van der Waals surface area contributed by atoms with Gasteiger partial charge in [0.05, 0.1) is 10.4 Å². The number of imidazole rings is 1. The average Bonchev–Trinajstić information content (AvgIpc) is 2.73. The van der Waals surface area contributed by atoms with Gasteiger partial charge in [-0.05, 0) is 38.6 Å². The Balaban J connectivity index is 2.18. The van der Waals surface area contributed by atoms with Crippen molar-refractivity contribution in [3.63, 3.8) is 0 Å². The third-order valence-corrected chi connectivity index (χ3v) is 5.20. The van der Waals surface area contributed by atoms with Crippen LogP contribution in [0, 0.1) is 0 Å². The molecule has 7 heteroatoms. The highest BCUT2D eigenvalue weighted by Gasteiger charge is 2.24. The molecule has 1 aliphatic rings. The van der Waals surface area contributed by atoms with Crippen LogP contribution >= 0.6 is 0 Å². The maximum atomic E-state index is 11.9. The number of likely N-dealkylation sites (tertiary alicyclic amines) is 1. The Labute approximate surface area is 124 Å². The molecule has 1 aliphatic heterocycles. The summed E-state index contributed by atoms with van der Waals surface area (Å²) < 4.78 is 25.8. The van der Waals surface area contributed by atoms with Crippen LogP contribution in [0.5, 0.6) is 0 Å². The van der Waals surface area contributed by atoms with Gasteiger partial charge in [0.25, 0.3) is 0 Å². The van der Waals surface area contributed by atoms with E-state index in [-0.39, 0.29) is 10.9 Å². The van der Waals surface area contributed by atoms with Crippen molar-refractivity contribution in [2.24, 2.45) is 0 Å². The molecule has 1 aromatic heterocycles. The number of sulfone groups is 1. The summed E-state index contributed by atoms with van der Waals surface area (Å²) in [5.41, 5.74) is 7.36. The van der Waals surface area contributed by atoms with Gasteiger partial charge in [-0.15, -0.1) is 0 Å². The van der Waals surface area contributed by atoms with Crippen LogP contribution in [-0.4, -0.2) is 49.3 Å². The first-order valence-corrected chi connectivity index (χ1v) is 8.92. The topological polar surface area (TPSA) is 81.2 Å². The number of hydrogen-bond acceptors (Lipinski definition) is 5. The summed E-state index contributed by atoms with van der Waals surface area (Å²) in [6.45, 7) is 1.98. The number of rotatable bonds is 2. The molecule has 1 saturated heterocycles. The van der Waals surface area contributed by atoms with Gasteiger partial charge in [-0.3, -0.25) is 0 Å². The fourth-order valence-corrected chi connectivity index (χ4v) is 3.97. The first-order chi connectivity index (χ1) is 9.88. The molecule has 2 heterocycles. The molecule has 2 aromatic rings. The van der Waals surface area contributed by atoms with E-state index in [0.717, 1.165) is 31.4 Å². The van der Waals surface area contributed by atoms with E-state index in [9.17, 15) is 8.42 Å². The van der Waals surface area contributed by atoms with Gasteiger partial charge >= 0.3 is 0 Å². The Kier molecular flexibility index (Phi) is 3.41. The maximum absolute atomic E-state index is 11.9. The number of para-hydroxylation sites is 1. The summed E-state index contributed by atoms with van der Waals surface area (Å²) in [5.74, 6) is 0.390. The molecule has 0 radical (unpaired) electrons. The van der Waals surface area contributed by atoms with E-state index in [4.69, 9.17) is 5.73 Å². The lowest BCUT2D eigenvalue weighted by atomic mass is 10.1. The van der Waals surface area contributed by atoms with Crippen LogP contribution in [0.1, 0.15) is 18.9 Å². The molecule has 2 N–H and O–H groups in total. The molecule has 114 valence electrons. The third-order valence-electron chi connectivity index (χ3n) is 4.07. The van der Waals surface area contributed by atoms with E-state index in [1.54, 1.807) is 12.1 Å². The number of piperidine rings is 1. The summed E-state index contributed by atoms with van der Waals surface area (Å²) in [6, 6.07) is 5.47. The Morgan fingerprint density at radius 1 is 1.38 bits per heavy atom. The van der Waals surface area contributed by atoms with Crippen molar-refractivity contribution in [3.05, 3.63) is 18.2 Å². The lowest BCUT2D eigenvalue weighted by Gasteiger charge is -2.31. The normalized spacial score (nSPS) is 21.0. The molecule has 1 unspecified atom stereocenters. The average molecular weight is 308 g/mol. The van der Waals surface area contributed by atoms with Gasteiger partial charge in [0.2, 0.25) is 5.95 Å². The summed E-state index contributed by atoms with van der Waals surface area (Å²) in [7, 11) is -1.23. The van der Waals surface area contributed by atoms with Crippen molar-refractivity contribution in [1.29, 1.82) is 0 Å². The summed E-state index contributed by atoms with van der Waals surface area (Å²) in [5, 5.41) is 0. The molecule has 0 amide bonds. The highest BCUT2D eigenvalue weighted by Crippen LogP contribution is 2.31. The molecule has 0 aliphatic carbocycles. The first-order valence-electron chi connectivity index (χ1n) is 7.03. The standard InChI is InChI=1S/C14H20N4O2S/c1-17-8-4-5-10(9-17)18-11-6-3-7-12(21(2,19)20)13(11)16-14(18)15/h3,6-7,10H,4-5,8-9H2,1-2H3,(H2,15,16). The van der Waals surface area contributed by atoms with Crippen LogP contribution in [0.4, 0.5) is 5.95 Å². The van der Waals surface area contributed by atoms with E-state index < -0.39 is 9.84 Å². The zero-order chi connectivity index (χ0) is 15.2. The quantitative estimate of drug-likeness (QED) is 0.904. The minimum absolute atomic E-state index is 0.239. The van der Waals surface area contributed by atoms with Crippen LogP contribution in [-0.2, 0) is 9.84 Å². The lowest BCUT2D eigenvalue weighted by Crippen LogP contribution is -2.33. The van der Waals surface area contributed by atoms with E-state index >= 15 is 0 Å². The highest BCUT2D eigenvalue weighted by molar-refractivity contribution is 7.91. The van der Waals surface area contributed by atoms with Gasteiger partial charge in [0, 0.05) is 18.8 Å². The van der Waals surface area contributed by atoms with Crippen molar-refractivity contribution < 1.29 is 8.42 Å². The van der Waals surface area contributed by atoms with E-state index in [0.29, 0.717) is 11.5 Å². The molecule has 3 rings (SSSR count). The summed E-state index contributed by atoms with van der Waals surface area (Å²) >= 11 is 0. The van der Waals surface area contributed by atoms with Crippen LogP contribution in [0.25, 0.3) is 11.0 Å². The van der Waals surface area contributed by atoms with Crippen LogP contribution in [0.15, 0.2) is 23.1 Å². The van der Waals surface area contributed by atoms with Crippen LogP contribution in [0.2, 0.25) is 0 Å². The molecule has 0 saturated carbocycles. The number of anilines is 1. The number of fused-ring (bicyclic) bond motifs is 1. The molecular formula is C14H20N4O2S. The second kappa shape index (κ2) is 4.99. The predicted molar refractivity (Wildman–Crippen MR) is 83.0 cm³/mol. The largest absolute Gasteiger partial charge is 0.369 e. The minimum Gasteiger partial charge on any atom is -0.369 e. The van der Waals surface area contributed by atoms with Gasteiger partial charge in [0.1, 0.15) is 5.52 Å². The smallest absolute Gasteiger partial charge is 0.201 e. The number of likely N-dealkylation sites (N-methyl/N-ethyl adjacent to an activating group) is 1. The fourth-order valence-electron chi connectivity index (χ4n) is 3.14. The molecular weight excluding hydrogens is 288 g/mol. The molecule has 1 fully saturated rings. The summed E-state index contributed by atoms with van der Waals surface area (Å²) in [6.07, 6.45) is 3.33. The van der Waals surface area contributed by atoms with Crippen molar-refractivity contribution in [2.45, 2.75) is 23.8 Å². The molecule has 1 aromatic carbocycles. The maximum Gasteiger partial charge on any atom is 0.201 e. The fraction of sp³-hybridized carbons (Fsp3) is 0.500. The minimum atomic E-state index is -3.32. The molecule has 0 spiro atoms. The Morgan fingerprint density at radius 2 is 2.14 bits per heavy atom. The Morgan fingerprint density at radius 3 is 2.81 bits per heavy atom. The first kappa shape index (κ1) is 14.3. The van der Waals surface area contributed by atoms with Gasteiger partial charge < -0.3 is 15.2 Å².